The van der Waals surface area contributed by atoms with Crippen molar-refractivity contribution < 1.29 is 18.5 Å². The molecule has 0 unspecified atom stereocenters. The summed E-state index contributed by atoms with van der Waals surface area (Å²) in [6.45, 7) is 6.02. The van der Waals surface area contributed by atoms with Crippen LogP contribution < -0.4 is 0 Å². The second-order valence-electron chi connectivity index (χ2n) is 6.01. The molecular weight excluding hydrogens is 320 g/mol. The molecule has 0 radical (unpaired) electrons. The molecule has 6 heteroatoms. The van der Waals surface area contributed by atoms with Gasteiger partial charge in [0.05, 0.1) is 18.3 Å². The summed E-state index contributed by atoms with van der Waals surface area (Å²) in [5.74, 6) is 1.41. The van der Waals surface area contributed by atoms with Crippen molar-refractivity contribution in [2.45, 2.75) is 40.2 Å². The molecule has 0 saturated heterocycles. The third-order valence-corrected chi connectivity index (χ3v) is 3.94. The summed E-state index contributed by atoms with van der Waals surface area (Å²) < 4.78 is 15.9. The lowest BCUT2D eigenvalue weighted by Crippen LogP contribution is -2.05. The van der Waals surface area contributed by atoms with Crippen LogP contribution in [0.3, 0.4) is 0 Å². The van der Waals surface area contributed by atoms with Crippen molar-refractivity contribution >= 4 is 5.97 Å². The predicted molar refractivity (Wildman–Crippen MR) is 90.8 cm³/mol. The van der Waals surface area contributed by atoms with E-state index in [4.69, 9.17) is 13.7 Å². The Balaban J connectivity index is 1.52. The first kappa shape index (κ1) is 17.0. The van der Waals surface area contributed by atoms with Crippen molar-refractivity contribution in [1.29, 1.82) is 0 Å². The molecule has 0 spiro atoms. The van der Waals surface area contributed by atoms with E-state index in [9.17, 15) is 4.79 Å². The van der Waals surface area contributed by atoms with Crippen LogP contribution in [-0.4, -0.2) is 16.1 Å². The minimum absolute atomic E-state index is 0.0825. The van der Waals surface area contributed by atoms with Gasteiger partial charge in [0.2, 0.25) is 0 Å². The van der Waals surface area contributed by atoms with E-state index in [-0.39, 0.29) is 19.0 Å². The van der Waals surface area contributed by atoms with E-state index >= 15 is 0 Å². The number of hydrogen-bond donors (Lipinski definition) is 0. The lowest BCUT2D eigenvalue weighted by atomic mass is 10.1. The molecule has 0 saturated carbocycles. The summed E-state index contributed by atoms with van der Waals surface area (Å²) in [5.41, 5.74) is 4.16. The Morgan fingerprint density at radius 1 is 1.16 bits per heavy atom. The van der Waals surface area contributed by atoms with Crippen LogP contribution in [0.2, 0.25) is 0 Å². The van der Waals surface area contributed by atoms with E-state index in [1.807, 2.05) is 13.0 Å². The van der Waals surface area contributed by atoms with Gasteiger partial charge in [-0.25, -0.2) is 4.98 Å². The molecule has 3 rings (SSSR count). The highest BCUT2D eigenvalue weighted by molar-refractivity contribution is 5.69. The van der Waals surface area contributed by atoms with Crippen molar-refractivity contribution in [2.75, 3.05) is 0 Å². The molecule has 0 N–H and O–H groups in total. The molecule has 0 aliphatic carbocycles. The average Bonchev–Trinajstić information content (AvgIpc) is 3.22. The maximum absolute atomic E-state index is 11.8. The molecule has 0 bridgehead atoms. The molecule has 0 atom stereocenters. The van der Waals surface area contributed by atoms with Crippen LogP contribution in [0.4, 0.5) is 0 Å². The molecule has 25 heavy (non-hydrogen) atoms. The van der Waals surface area contributed by atoms with Gasteiger partial charge in [-0.1, -0.05) is 17.3 Å². The molecule has 1 aromatic carbocycles. The van der Waals surface area contributed by atoms with Crippen LogP contribution in [0, 0.1) is 20.8 Å². The maximum Gasteiger partial charge on any atom is 0.306 e. The normalized spacial score (nSPS) is 10.8. The van der Waals surface area contributed by atoms with Crippen molar-refractivity contribution in [1.82, 2.24) is 10.1 Å². The fourth-order valence-corrected chi connectivity index (χ4v) is 2.37. The summed E-state index contributed by atoms with van der Waals surface area (Å²) in [7, 11) is 0. The van der Waals surface area contributed by atoms with Crippen LogP contribution in [0.5, 0.6) is 0 Å². The van der Waals surface area contributed by atoms with Gasteiger partial charge >= 0.3 is 5.97 Å². The van der Waals surface area contributed by atoms with E-state index in [2.05, 4.69) is 36.1 Å². The van der Waals surface area contributed by atoms with Crippen LogP contribution >= 0.6 is 0 Å². The Hall–Kier alpha value is -2.89. The topological polar surface area (TPSA) is 78.4 Å². The Morgan fingerprint density at radius 2 is 2.00 bits per heavy atom. The zero-order chi connectivity index (χ0) is 17.8. The summed E-state index contributed by atoms with van der Waals surface area (Å²) in [5, 5.41) is 3.74. The van der Waals surface area contributed by atoms with Crippen LogP contribution in [-0.2, 0) is 22.6 Å². The number of ether oxygens (including phenoxy) is 1. The second kappa shape index (κ2) is 7.34. The number of hydrogen-bond acceptors (Lipinski definition) is 6. The highest BCUT2D eigenvalue weighted by atomic mass is 16.5. The molecule has 6 nitrogen and oxygen atoms in total. The Morgan fingerprint density at radius 3 is 2.72 bits per heavy atom. The number of nitrogens with zero attached hydrogens (tertiary/aromatic N) is 2. The van der Waals surface area contributed by atoms with E-state index in [1.54, 1.807) is 12.3 Å². The second-order valence-corrected chi connectivity index (χ2v) is 6.01. The van der Waals surface area contributed by atoms with Gasteiger partial charge in [-0.15, -0.1) is 0 Å². The zero-order valence-corrected chi connectivity index (χ0v) is 14.5. The minimum atomic E-state index is -0.333. The number of esters is 1. The Kier molecular flexibility index (Phi) is 4.97. The quantitative estimate of drug-likeness (QED) is 0.633. The molecule has 130 valence electrons. The molecule has 3 aromatic rings. The third kappa shape index (κ3) is 4.35. The first-order valence-electron chi connectivity index (χ1n) is 8.11. The average molecular weight is 340 g/mol. The predicted octanol–water partition coefficient (Wildman–Crippen LogP) is 3.93. The van der Waals surface area contributed by atoms with Crippen molar-refractivity contribution in [3.05, 3.63) is 58.9 Å². The van der Waals surface area contributed by atoms with Crippen molar-refractivity contribution in [2.24, 2.45) is 0 Å². The molecule has 2 heterocycles. The third-order valence-electron chi connectivity index (χ3n) is 3.94. The Bertz CT molecular complexity index is 879. The fraction of sp³-hybridized carbons (Fsp3) is 0.316. The number of oxazole rings is 1. The van der Waals surface area contributed by atoms with Gasteiger partial charge in [-0.2, -0.15) is 0 Å². The SMILES string of the molecule is Cc1cc(COC(=O)CCc2ncc(-c3ccc(C)c(C)c3)o2)on1. The van der Waals surface area contributed by atoms with E-state index in [0.29, 0.717) is 23.8 Å². The molecule has 2 aromatic heterocycles. The number of rotatable bonds is 6. The van der Waals surface area contributed by atoms with Gasteiger partial charge < -0.3 is 13.7 Å². The number of carbonyl (C=O) groups is 1. The summed E-state index contributed by atoms with van der Waals surface area (Å²) in [6.07, 6.45) is 2.27. The maximum atomic E-state index is 11.8. The van der Waals surface area contributed by atoms with E-state index in [1.165, 1.54) is 11.1 Å². The molecule has 0 fully saturated rings. The first-order valence-corrected chi connectivity index (χ1v) is 8.11. The van der Waals surface area contributed by atoms with E-state index in [0.717, 1.165) is 11.3 Å². The highest BCUT2D eigenvalue weighted by Gasteiger charge is 2.11. The lowest BCUT2D eigenvalue weighted by Gasteiger charge is -2.02. The van der Waals surface area contributed by atoms with Gasteiger partial charge in [0, 0.05) is 18.1 Å². The summed E-state index contributed by atoms with van der Waals surface area (Å²) in [6, 6.07) is 7.85. The first-order chi connectivity index (χ1) is 12.0. The molecule has 0 amide bonds. The van der Waals surface area contributed by atoms with Gasteiger partial charge in [-0.3, -0.25) is 4.79 Å². The molecular formula is C19H20N2O4. The van der Waals surface area contributed by atoms with E-state index < -0.39 is 0 Å². The summed E-state index contributed by atoms with van der Waals surface area (Å²) >= 11 is 0. The van der Waals surface area contributed by atoms with Crippen LogP contribution in [0.15, 0.2) is 39.4 Å². The van der Waals surface area contributed by atoms with Gasteiger partial charge in [0.15, 0.2) is 24.0 Å². The minimum Gasteiger partial charge on any atom is -0.457 e. The standard InChI is InChI=1S/C19H20N2O4/c1-12-4-5-15(8-13(12)2)17-10-20-18(24-17)6-7-19(22)23-11-16-9-14(3)21-25-16/h4-5,8-10H,6-7,11H2,1-3H3. The molecule has 0 aliphatic rings. The fourth-order valence-electron chi connectivity index (χ4n) is 2.37. The van der Waals surface area contributed by atoms with Gasteiger partial charge in [-0.05, 0) is 38.0 Å². The highest BCUT2D eigenvalue weighted by Crippen LogP contribution is 2.23. The van der Waals surface area contributed by atoms with Crippen molar-refractivity contribution in [3.63, 3.8) is 0 Å². The van der Waals surface area contributed by atoms with Crippen LogP contribution in [0.25, 0.3) is 11.3 Å². The number of carbonyl (C=O) groups excluding carboxylic acids is 1. The number of aryl methyl sites for hydroxylation is 4. The monoisotopic (exact) mass is 340 g/mol. The zero-order valence-electron chi connectivity index (χ0n) is 14.5. The lowest BCUT2D eigenvalue weighted by molar-refractivity contribution is -0.145. The number of benzene rings is 1. The van der Waals surface area contributed by atoms with Crippen molar-refractivity contribution in [3.8, 4) is 11.3 Å². The van der Waals surface area contributed by atoms with Crippen LogP contribution in [0.1, 0.15) is 34.9 Å². The largest absolute Gasteiger partial charge is 0.457 e. The smallest absolute Gasteiger partial charge is 0.306 e. The molecule has 0 aliphatic heterocycles. The Labute approximate surface area is 145 Å². The number of aromatic nitrogens is 2. The van der Waals surface area contributed by atoms with Gasteiger partial charge in [0.25, 0.3) is 0 Å². The van der Waals surface area contributed by atoms with Gasteiger partial charge in [0.1, 0.15) is 0 Å². The summed E-state index contributed by atoms with van der Waals surface area (Å²) in [4.78, 5) is 16.0.